The van der Waals surface area contributed by atoms with Gasteiger partial charge < -0.3 is 4.90 Å². The maximum absolute atomic E-state index is 2.39. The summed E-state index contributed by atoms with van der Waals surface area (Å²) in [5, 5.41) is 0. The Kier molecular flexibility index (Phi) is 3.81. The molecule has 0 unspecified atom stereocenters. The van der Waals surface area contributed by atoms with E-state index in [1.54, 1.807) is 0 Å². The van der Waals surface area contributed by atoms with Gasteiger partial charge in [0.1, 0.15) is 0 Å². The van der Waals surface area contributed by atoms with E-state index in [1.165, 1.54) is 32.4 Å². The molecule has 0 saturated carbocycles. The minimum atomic E-state index is 1.24. The molecule has 1 heteroatoms. The molecule has 0 spiro atoms. The highest BCUT2D eigenvalue weighted by Crippen LogP contribution is 2.08. The third-order valence-electron chi connectivity index (χ3n) is 1.99. The van der Waals surface area contributed by atoms with Crippen LogP contribution in [-0.2, 0) is 0 Å². The van der Waals surface area contributed by atoms with E-state index in [1.807, 2.05) is 6.92 Å². The van der Waals surface area contributed by atoms with Crippen LogP contribution in [0.2, 0.25) is 0 Å². The van der Waals surface area contributed by atoms with Crippen molar-refractivity contribution in [2.75, 3.05) is 13.1 Å². The van der Waals surface area contributed by atoms with Gasteiger partial charge in [0, 0.05) is 13.1 Å². The SMILES string of the molecule is C/C=C/C=C/N1CCCCC1. The molecule has 1 rings (SSSR count). The van der Waals surface area contributed by atoms with E-state index in [2.05, 4.69) is 29.3 Å². The Morgan fingerprint density at radius 3 is 2.36 bits per heavy atom. The Hall–Kier alpha value is -0.720. The van der Waals surface area contributed by atoms with Gasteiger partial charge in [-0.25, -0.2) is 0 Å². The van der Waals surface area contributed by atoms with E-state index in [9.17, 15) is 0 Å². The minimum absolute atomic E-state index is 1.24. The zero-order chi connectivity index (χ0) is 7.94. The van der Waals surface area contributed by atoms with E-state index in [0.717, 1.165) is 0 Å². The molecule has 0 aromatic carbocycles. The van der Waals surface area contributed by atoms with Crippen LogP contribution in [-0.4, -0.2) is 18.0 Å². The second-order valence-corrected chi connectivity index (χ2v) is 2.96. The molecule has 0 atom stereocenters. The fourth-order valence-electron chi connectivity index (χ4n) is 1.35. The summed E-state index contributed by atoms with van der Waals surface area (Å²) in [7, 11) is 0. The summed E-state index contributed by atoms with van der Waals surface area (Å²) in [5.74, 6) is 0. The van der Waals surface area contributed by atoms with E-state index in [-0.39, 0.29) is 0 Å². The Morgan fingerprint density at radius 2 is 1.73 bits per heavy atom. The predicted octanol–water partition coefficient (Wildman–Crippen LogP) is 2.56. The van der Waals surface area contributed by atoms with Crippen LogP contribution in [0.5, 0.6) is 0 Å². The molecule has 1 fully saturated rings. The van der Waals surface area contributed by atoms with Crippen molar-refractivity contribution in [3.05, 3.63) is 24.4 Å². The number of allylic oxidation sites excluding steroid dienone is 3. The molecule has 1 aliphatic rings. The van der Waals surface area contributed by atoms with Crippen molar-refractivity contribution in [2.45, 2.75) is 26.2 Å². The largest absolute Gasteiger partial charge is 0.377 e. The van der Waals surface area contributed by atoms with Gasteiger partial charge in [0.2, 0.25) is 0 Å². The van der Waals surface area contributed by atoms with Gasteiger partial charge in [0.05, 0.1) is 0 Å². The molecule has 0 N–H and O–H groups in total. The zero-order valence-electron chi connectivity index (χ0n) is 7.29. The summed E-state index contributed by atoms with van der Waals surface area (Å²) in [6.07, 6.45) is 12.6. The zero-order valence-corrected chi connectivity index (χ0v) is 7.29. The molecular formula is C10H17N. The average molecular weight is 151 g/mol. The van der Waals surface area contributed by atoms with Crippen LogP contribution < -0.4 is 0 Å². The number of hydrogen-bond acceptors (Lipinski definition) is 1. The molecule has 1 aliphatic heterocycles. The first kappa shape index (κ1) is 8.38. The molecular weight excluding hydrogens is 134 g/mol. The lowest BCUT2D eigenvalue weighted by atomic mass is 10.1. The Morgan fingerprint density at radius 1 is 1.00 bits per heavy atom. The van der Waals surface area contributed by atoms with Crippen LogP contribution >= 0.6 is 0 Å². The molecule has 1 nitrogen and oxygen atoms in total. The first-order valence-electron chi connectivity index (χ1n) is 4.47. The van der Waals surface area contributed by atoms with Crippen LogP contribution in [0.25, 0.3) is 0 Å². The Labute approximate surface area is 69.4 Å². The van der Waals surface area contributed by atoms with Gasteiger partial charge in [-0.3, -0.25) is 0 Å². The smallest absolute Gasteiger partial charge is 0.0172 e. The molecule has 1 heterocycles. The summed E-state index contributed by atoms with van der Waals surface area (Å²) in [6, 6.07) is 0. The van der Waals surface area contributed by atoms with Crippen molar-refractivity contribution in [3.63, 3.8) is 0 Å². The lowest BCUT2D eigenvalue weighted by Gasteiger charge is -2.24. The topological polar surface area (TPSA) is 3.24 Å². The lowest BCUT2D eigenvalue weighted by Crippen LogP contribution is -2.23. The molecule has 62 valence electrons. The fraction of sp³-hybridized carbons (Fsp3) is 0.600. The second kappa shape index (κ2) is 5.00. The highest BCUT2D eigenvalue weighted by atomic mass is 15.1. The van der Waals surface area contributed by atoms with Crippen molar-refractivity contribution in [1.29, 1.82) is 0 Å². The summed E-state index contributed by atoms with van der Waals surface area (Å²) >= 11 is 0. The highest BCUT2D eigenvalue weighted by Gasteiger charge is 2.03. The fourth-order valence-corrected chi connectivity index (χ4v) is 1.35. The monoisotopic (exact) mass is 151 g/mol. The summed E-state index contributed by atoms with van der Waals surface area (Å²) in [4.78, 5) is 2.39. The summed E-state index contributed by atoms with van der Waals surface area (Å²) in [5.41, 5.74) is 0. The van der Waals surface area contributed by atoms with Gasteiger partial charge in [-0.05, 0) is 38.5 Å². The number of rotatable bonds is 2. The highest BCUT2D eigenvalue weighted by molar-refractivity contribution is 5.00. The Balaban J connectivity index is 2.23. The molecule has 1 saturated heterocycles. The number of hydrogen-bond donors (Lipinski definition) is 0. The average Bonchev–Trinajstić information content (AvgIpc) is 2.07. The van der Waals surface area contributed by atoms with E-state index >= 15 is 0 Å². The standard InChI is InChI=1S/C10H17N/c1-2-3-5-8-11-9-6-4-7-10-11/h2-3,5,8H,4,6-7,9-10H2,1H3/b3-2+,8-5+. The first-order chi connectivity index (χ1) is 5.43. The van der Waals surface area contributed by atoms with Crippen LogP contribution in [0.1, 0.15) is 26.2 Å². The quantitative estimate of drug-likeness (QED) is 0.548. The minimum Gasteiger partial charge on any atom is -0.377 e. The van der Waals surface area contributed by atoms with Gasteiger partial charge in [0.15, 0.2) is 0 Å². The molecule has 0 aliphatic carbocycles. The van der Waals surface area contributed by atoms with Crippen molar-refractivity contribution < 1.29 is 0 Å². The molecule has 0 aromatic heterocycles. The molecule has 11 heavy (non-hydrogen) atoms. The number of likely N-dealkylation sites (tertiary alicyclic amines) is 1. The lowest BCUT2D eigenvalue weighted by molar-refractivity contribution is 0.309. The molecule has 0 amide bonds. The molecule has 0 bridgehead atoms. The third kappa shape index (κ3) is 3.26. The number of nitrogens with zero attached hydrogens (tertiary/aromatic N) is 1. The maximum Gasteiger partial charge on any atom is 0.0172 e. The number of piperidine rings is 1. The normalized spacial score (nSPS) is 20.3. The van der Waals surface area contributed by atoms with Crippen molar-refractivity contribution in [3.8, 4) is 0 Å². The van der Waals surface area contributed by atoms with Crippen LogP contribution in [0.3, 0.4) is 0 Å². The van der Waals surface area contributed by atoms with Gasteiger partial charge in [-0.2, -0.15) is 0 Å². The van der Waals surface area contributed by atoms with E-state index in [0.29, 0.717) is 0 Å². The van der Waals surface area contributed by atoms with E-state index in [4.69, 9.17) is 0 Å². The van der Waals surface area contributed by atoms with Crippen LogP contribution in [0.4, 0.5) is 0 Å². The van der Waals surface area contributed by atoms with Crippen LogP contribution in [0, 0.1) is 0 Å². The van der Waals surface area contributed by atoms with Crippen molar-refractivity contribution in [1.82, 2.24) is 4.90 Å². The van der Waals surface area contributed by atoms with Crippen molar-refractivity contribution >= 4 is 0 Å². The summed E-state index contributed by atoms with van der Waals surface area (Å²) in [6.45, 7) is 4.53. The molecule has 0 aromatic rings. The van der Waals surface area contributed by atoms with E-state index < -0.39 is 0 Å². The van der Waals surface area contributed by atoms with Gasteiger partial charge in [-0.15, -0.1) is 0 Å². The van der Waals surface area contributed by atoms with Crippen molar-refractivity contribution in [2.24, 2.45) is 0 Å². The van der Waals surface area contributed by atoms with Gasteiger partial charge in [0.25, 0.3) is 0 Å². The molecule has 0 radical (unpaired) electrons. The first-order valence-corrected chi connectivity index (χ1v) is 4.47. The van der Waals surface area contributed by atoms with Crippen LogP contribution in [0.15, 0.2) is 24.4 Å². The maximum atomic E-state index is 2.39. The van der Waals surface area contributed by atoms with Gasteiger partial charge >= 0.3 is 0 Å². The Bertz CT molecular complexity index is 141. The van der Waals surface area contributed by atoms with Gasteiger partial charge in [-0.1, -0.05) is 12.2 Å². The second-order valence-electron chi connectivity index (χ2n) is 2.96. The summed E-state index contributed by atoms with van der Waals surface area (Å²) < 4.78 is 0. The third-order valence-corrected chi connectivity index (χ3v) is 1.99. The predicted molar refractivity (Wildman–Crippen MR) is 49.4 cm³/mol.